The van der Waals surface area contributed by atoms with Crippen molar-refractivity contribution in [3.63, 3.8) is 0 Å². The van der Waals surface area contributed by atoms with Gasteiger partial charge < -0.3 is 19.3 Å². The molecule has 2 amide bonds. The summed E-state index contributed by atoms with van der Waals surface area (Å²) in [6.45, 7) is 2.10. The van der Waals surface area contributed by atoms with Gasteiger partial charge in [0.1, 0.15) is 12.4 Å². The molecule has 0 saturated carbocycles. The monoisotopic (exact) mass is 538 g/mol. The van der Waals surface area contributed by atoms with E-state index in [9.17, 15) is 9.59 Å². The molecule has 2 aliphatic heterocycles. The highest BCUT2D eigenvalue weighted by Crippen LogP contribution is 2.34. The Labute approximate surface area is 226 Å². The molecule has 0 bridgehead atoms. The quantitative estimate of drug-likeness (QED) is 0.378. The Kier molecular flexibility index (Phi) is 8.44. The fraction of sp³-hybridized carbons (Fsp3) is 0.379. The summed E-state index contributed by atoms with van der Waals surface area (Å²) in [6, 6.07) is 18.8. The second-order valence-electron chi connectivity index (χ2n) is 9.49. The zero-order chi connectivity index (χ0) is 25.6. The minimum atomic E-state index is -0.216. The molecule has 0 spiro atoms. The van der Waals surface area contributed by atoms with Crippen LogP contribution in [0.1, 0.15) is 34.9 Å². The van der Waals surface area contributed by atoms with Crippen LogP contribution in [0.2, 0.25) is 5.02 Å². The van der Waals surface area contributed by atoms with Gasteiger partial charge in [0.15, 0.2) is 0 Å². The maximum absolute atomic E-state index is 13.8. The van der Waals surface area contributed by atoms with Gasteiger partial charge in [0.05, 0.1) is 25.1 Å². The van der Waals surface area contributed by atoms with E-state index in [1.54, 1.807) is 28.4 Å². The molecule has 3 aromatic rings. The maximum atomic E-state index is 13.8. The van der Waals surface area contributed by atoms with E-state index in [1.165, 1.54) is 4.88 Å². The predicted octanol–water partition coefficient (Wildman–Crippen LogP) is 5.16. The summed E-state index contributed by atoms with van der Waals surface area (Å²) < 4.78 is 11.9. The SMILES string of the molecule is O=C(Cc1ccccc1)N(CC(=O)N1CCc2sccc2[C@H]1COc1ccc(Cl)cc1)C[C@@H]1CCCO1. The summed E-state index contributed by atoms with van der Waals surface area (Å²) >= 11 is 7.73. The number of rotatable bonds is 9. The summed E-state index contributed by atoms with van der Waals surface area (Å²) in [5, 5.41) is 2.72. The number of ether oxygens (including phenoxy) is 2. The van der Waals surface area contributed by atoms with Crippen LogP contribution < -0.4 is 4.74 Å². The molecule has 1 aromatic heterocycles. The number of halogens is 1. The number of hydrogen-bond donors (Lipinski definition) is 0. The zero-order valence-corrected chi connectivity index (χ0v) is 22.3. The molecular weight excluding hydrogens is 508 g/mol. The first-order valence-corrected chi connectivity index (χ1v) is 14.0. The molecule has 8 heteroatoms. The third kappa shape index (κ3) is 6.53. The van der Waals surface area contributed by atoms with Crippen LogP contribution >= 0.6 is 22.9 Å². The van der Waals surface area contributed by atoms with Gasteiger partial charge in [-0.05, 0) is 66.1 Å². The number of amides is 2. The van der Waals surface area contributed by atoms with Gasteiger partial charge >= 0.3 is 0 Å². The number of nitrogens with zero attached hydrogens (tertiary/aromatic N) is 2. The van der Waals surface area contributed by atoms with Gasteiger partial charge in [-0.25, -0.2) is 0 Å². The molecule has 0 aliphatic carbocycles. The average Bonchev–Trinajstić information content (AvgIpc) is 3.60. The predicted molar refractivity (Wildman–Crippen MR) is 145 cm³/mol. The van der Waals surface area contributed by atoms with E-state index >= 15 is 0 Å². The van der Waals surface area contributed by atoms with Crippen molar-refractivity contribution < 1.29 is 19.1 Å². The van der Waals surface area contributed by atoms with Crippen molar-refractivity contribution >= 4 is 34.8 Å². The molecule has 194 valence electrons. The Morgan fingerprint density at radius 1 is 1.11 bits per heavy atom. The molecule has 5 rings (SSSR count). The first kappa shape index (κ1) is 25.8. The molecule has 37 heavy (non-hydrogen) atoms. The number of carbonyl (C=O) groups excluding carboxylic acids is 2. The Morgan fingerprint density at radius 2 is 1.92 bits per heavy atom. The highest BCUT2D eigenvalue weighted by atomic mass is 35.5. The Bertz CT molecular complexity index is 1190. The van der Waals surface area contributed by atoms with Crippen molar-refractivity contribution in [2.24, 2.45) is 0 Å². The third-order valence-corrected chi connectivity index (χ3v) is 8.21. The number of benzene rings is 2. The van der Waals surface area contributed by atoms with E-state index in [4.69, 9.17) is 21.1 Å². The lowest BCUT2D eigenvalue weighted by molar-refractivity contribution is -0.143. The number of fused-ring (bicyclic) bond motifs is 1. The van der Waals surface area contributed by atoms with Gasteiger partial charge in [-0.15, -0.1) is 11.3 Å². The largest absolute Gasteiger partial charge is 0.491 e. The first-order valence-electron chi connectivity index (χ1n) is 12.7. The summed E-state index contributed by atoms with van der Waals surface area (Å²) in [5.74, 6) is 0.579. The highest BCUT2D eigenvalue weighted by Gasteiger charge is 2.34. The molecule has 1 saturated heterocycles. The maximum Gasteiger partial charge on any atom is 0.242 e. The van der Waals surface area contributed by atoms with Crippen LogP contribution in [-0.4, -0.2) is 60.6 Å². The van der Waals surface area contributed by atoms with E-state index in [0.29, 0.717) is 37.1 Å². The van der Waals surface area contributed by atoms with Crippen LogP contribution in [0.3, 0.4) is 0 Å². The average molecular weight is 539 g/mol. The summed E-state index contributed by atoms with van der Waals surface area (Å²) in [7, 11) is 0. The van der Waals surface area contributed by atoms with Crippen LogP contribution in [-0.2, 0) is 27.2 Å². The zero-order valence-electron chi connectivity index (χ0n) is 20.7. The van der Waals surface area contributed by atoms with Crippen molar-refractivity contribution in [3.05, 3.63) is 87.1 Å². The van der Waals surface area contributed by atoms with Crippen molar-refractivity contribution in [1.29, 1.82) is 0 Å². The van der Waals surface area contributed by atoms with E-state index in [0.717, 1.165) is 30.4 Å². The summed E-state index contributed by atoms with van der Waals surface area (Å²) in [6.07, 6.45) is 2.93. The minimum absolute atomic E-state index is 0.0265. The fourth-order valence-electron chi connectivity index (χ4n) is 5.01. The molecular formula is C29H31ClN2O4S. The molecule has 6 nitrogen and oxygen atoms in total. The van der Waals surface area contributed by atoms with Gasteiger partial charge in [0.2, 0.25) is 11.8 Å². The normalized spacial score (nSPS) is 18.9. The second kappa shape index (κ2) is 12.1. The van der Waals surface area contributed by atoms with Crippen LogP contribution in [0.4, 0.5) is 0 Å². The molecule has 0 N–H and O–H groups in total. The van der Waals surface area contributed by atoms with Crippen LogP contribution in [0, 0.1) is 0 Å². The third-order valence-electron chi connectivity index (χ3n) is 6.96. The van der Waals surface area contributed by atoms with Gasteiger partial charge in [-0.1, -0.05) is 41.9 Å². The summed E-state index contributed by atoms with van der Waals surface area (Å²) in [5.41, 5.74) is 2.06. The van der Waals surface area contributed by atoms with Crippen LogP contribution in [0.15, 0.2) is 66.0 Å². The first-order chi connectivity index (χ1) is 18.1. The van der Waals surface area contributed by atoms with E-state index in [-0.39, 0.29) is 36.9 Å². The van der Waals surface area contributed by atoms with Crippen LogP contribution in [0.5, 0.6) is 5.75 Å². The van der Waals surface area contributed by atoms with Crippen molar-refractivity contribution in [2.75, 3.05) is 32.8 Å². The molecule has 0 radical (unpaired) electrons. The second-order valence-corrected chi connectivity index (χ2v) is 10.9. The lowest BCUT2D eigenvalue weighted by atomic mass is 10.00. The van der Waals surface area contributed by atoms with Crippen molar-refractivity contribution in [3.8, 4) is 5.75 Å². The lowest BCUT2D eigenvalue weighted by Crippen LogP contribution is -2.49. The topological polar surface area (TPSA) is 59.1 Å². The number of carbonyl (C=O) groups is 2. The summed E-state index contributed by atoms with van der Waals surface area (Å²) in [4.78, 5) is 32.0. The fourth-order valence-corrected chi connectivity index (χ4v) is 6.06. The lowest BCUT2D eigenvalue weighted by Gasteiger charge is -2.37. The van der Waals surface area contributed by atoms with Crippen molar-refractivity contribution in [2.45, 2.75) is 37.8 Å². The highest BCUT2D eigenvalue weighted by molar-refractivity contribution is 7.10. The molecule has 2 atom stereocenters. The Balaban J connectivity index is 1.31. The molecule has 3 heterocycles. The van der Waals surface area contributed by atoms with E-state index in [2.05, 4.69) is 11.4 Å². The molecule has 2 aliphatic rings. The minimum Gasteiger partial charge on any atom is -0.491 e. The molecule has 2 aromatic carbocycles. The standard InChI is InChI=1S/C29H31ClN2O4S/c30-22-8-10-23(11-9-22)36-20-26-25-13-16-37-27(25)12-14-32(26)29(34)19-31(18-24-7-4-15-35-24)28(33)17-21-5-2-1-3-6-21/h1-3,5-6,8-11,13,16,24,26H,4,7,12,14-15,17-20H2/t24-,26+/m0/s1. The Morgan fingerprint density at radius 3 is 2.68 bits per heavy atom. The van der Waals surface area contributed by atoms with Gasteiger partial charge in [-0.2, -0.15) is 0 Å². The Hall–Kier alpha value is -2.87. The number of hydrogen-bond acceptors (Lipinski definition) is 5. The van der Waals surface area contributed by atoms with Crippen molar-refractivity contribution in [1.82, 2.24) is 9.80 Å². The molecule has 0 unspecified atom stereocenters. The smallest absolute Gasteiger partial charge is 0.242 e. The van der Waals surface area contributed by atoms with Gasteiger partial charge in [-0.3, -0.25) is 9.59 Å². The van der Waals surface area contributed by atoms with Crippen LogP contribution in [0.25, 0.3) is 0 Å². The molecule has 1 fully saturated rings. The van der Waals surface area contributed by atoms with Gasteiger partial charge in [0.25, 0.3) is 0 Å². The van der Waals surface area contributed by atoms with E-state index in [1.807, 2.05) is 47.4 Å². The number of thiophene rings is 1. The van der Waals surface area contributed by atoms with Gasteiger partial charge in [0, 0.05) is 29.6 Å². The van der Waals surface area contributed by atoms with E-state index < -0.39 is 0 Å².